The fourth-order valence-corrected chi connectivity index (χ4v) is 2.61. The fraction of sp³-hybridized carbons (Fsp3) is 0.222. The van der Waals surface area contributed by atoms with E-state index in [0.717, 1.165) is 15.4 Å². The average Bonchev–Trinajstić information content (AvgIpc) is 2.03. The number of ketones is 1. The van der Waals surface area contributed by atoms with Gasteiger partial charge in [-0.1, -0.05) is 22.0 Å². The number of thiol groups is 2. The summed E-state index contributed by atoms with van der Waals surface area (Å²) in [4.78, 5) is 12.4. The zero-order valence-electron chi connectivity index (χ0n) is 6.99. The van der Waals surface area contributed by atoms with Crippen molar-refractivity contribution in [3.05, 3.63) is 23.8 Å². The zero-order valence-corrected chi connectivity index (χ0v) is 10.4. The highest BCUT2D eigenvalue weighted by atomic mass is 79.9. The van der Waals surface area contributed by atoms with E-state index in [1.165, 1.54) is 6.92 Å². The Bertz CT molecular complexity index is 318. The van der Waals surface area contributed by atoms with Crippen LogP contribution in [-0.4, -0.2) is 5.78 Å². The Morgan fingerprint density at radius 3 is 2.23 bits per heavy atom. The van der Waals surface area contributed by atoms with Crippen LogP contribution in [-0.2, 0) is 4.79 Å². The molecule has 0 amide bonds. The third kappa shape index (κ3) is 2.51. The minimum atomic E-state index is -0.311. The molecule has 4 heteroatoms. The summed E-state index contributed by atoms with van der Waals surface area (Å²) < 4.78 is 0. The number of Topliss-reactive ketones (excluding diaryl/α,β-unsaturated/α-hetero) is 1. The molecule has 1 nitrogen and oxygen atoms in total. The number of rotatable bonds is 2. The largest absolute Gasteiger partial charge is 0.298 e. The first-order valence-corrected chi connectivity index (χ1v) is 5.50. The summed E-state index contributed by atoms with van der Waals surface area (Å²) >= 11 is 11.8. The summed E-state index contributed by atoms with van der Waals surface area (Å²) in [5.41, 5.74) is 0.835. The molecule has 70 valence electrons. The van der Waals surface area contributed by atoms with E-state index in [0.29, 0.717) is 0 Å². The van der Waals surface area contributed by atoms with Crippen molar-refractivity contribution in [2.45, 2.75) is 21.5 Å². The van der Waals surface area contributed by atoms with Crippen molar-refractivity contribution >= 4 is 47.0 Å². The molecule has 0 aliphatic rings. The molecule has 1 rings (SSSR count). The van der Waals surface area contributed by atoms with Crippen molar-refractivity contribution in [2.75, 3.05) is 0 Å². The van der Waals surface area contributed by atoms with Crippen molar-refractivity contribution < 1.29 is 4.79 Å². The monoisotopic (exact) mass is 276 g/mol. The first kappa shape index (κ1) is 11.1. The first-order valence-electron chi connectivity index (χ1n) is 3.69. The third-order valence-corrected chi connectivity index (χ3v) is 3.55. The van der Waals surface area contributed by atoms with Gasteiger partial charge in [0.2, 0.25) is 0 Å². The summed E-state index contributed by atoms with van der Waals surface area (Å²) in [6, 6.07) is 5.54. The number of hydrogen-bond donors (Lipinski definition) is 2. The molecule has 0 aromatic heterocycles. The van der Waals surface area contributed by atoms with Gasteiger partial charge in [-0.05, 0) is 24.6 Å². The first-order chi connectivity index (χ1) is 6.04. The fourth-order valence-electron chi connectivity index (χ4n) is 1.00. The van der Waals surface area contributed by atoms with Crippen LogP contribution in [0.5, 0.6) is 0 Å². The van der Waals surface area contributed by atoms with E-state index in [4.69, 9.17) is 0 Å². The van der Waals surface area contributed by atoms with Gasteiger partial charge in [-0.15, -0.1) is 25.3 Å². The Balaban J connectivity index is 3.20. The van der Waals surface area contributed by atoms with Crippen LogP contribution in [0.15, 0.2) is 28.0 Å². The number of alkyl halides is 1. The molecule has 1 aromatic carbocycles. The van der Waals surface area contributed by atoms with Gasteiger partial charge in [-0.2, -0.15) is 0 Å². The van der Waals surface area contributed by atoms with Gasteiger partial charge in [0.25, 0.3) is 0 Å². The second-order valence-corrected chi connectivity index (χ2v) is 4.56. The van der Waals surface area contributed by atoms with Crippen molar-refractivity contribution in [1.82, 2.24) is 0 Å². The van der Waals surface area contributed by atoms with Crippen LogP contribution in [0.2, 0.25) is 0 Å². The van der Waals surface area contributed by atoms with Gasteiger partial charge in [0.05, 0.1) is 4.83 Å². The molecule has 0 N–H and O–H groups in total. The van der Waals surface area contributed by atoms with E-state index in [1.54, 1.807) is 0 Å². The molecule has 0 heterocycles. The van der Waals surface area contributed by atoms with Crippen molar-refractivity contribution in [3.8, 4) is 0 Å². The van der Waals surface area contributed by atoms with E-state index >= 15 is 0 Å². The van der Waals surface area contributed by atoms with Gasteiger partial charge in [-0.3, -0.25) is 4.79 Å². The molecule has 0 aliphatic carbocycles. The van der Waals surface area contributed by atoms with Crippen LogP contribution >= 0.6 is 41.2 Å². The zero-order chi connectivity index (χ0) is 10.0. The molecule has 0 saturated heterocycles. The molecule has 0 bridgehead atoms. The van der Waals surface area contributed by atoms with Crippen LogP contribution in [0.25, 0.3) is 0 Å². The van der Waals surface area contributed by atoms with E-state index in [1.807, 2.05) is 18.2 Å². The third-order valence-electron chi connectivity index (χ3n) is 1.67. The molecule has 0 saturated carbocycles. The minimum Gasteiger partial charge on any atom is -0.298 e. The van der Waals surface area contributed by atoms with Gasteiger partial charge in [-0.25, -0.2) is 0 Å². The molecule has 1 atom stereocenters. The molecule has 0 spiro atoms. The van der Waals surface area contributed by atoms with E-state index in [2.05, 4.69) is 41.2 Å². The minimum absolute atomic E-state index is 0.0526. The quantitative estimate of drug-likeness (QED) is 0.626. The predicted molar refractivity (Wildman–Crippen MR) is 63.3 cm³/mol. The van der Waals surface area contributed by atoms with Crippen LogP contribution in [0.4, 0.5) is 0 Å². The number of carbonyl (C=O) groups is 1. The Morgan fingerprint density at radius 2 is 1.85 bits per heavy atom. The van der Waals surface area contributed by atoms with Crippen molar-refractivity contribution in [1.29, 1.82) is 0 Å². The Kier molecular flexibility index (Phi) is 3.88. The van der Waals surface area contributed by atoms with Gasteiger partial charge in [0, 0.05) is 9.79 Å². The second-order valence-electron chi connectivity index (χ2n) is 2.68. The highest BCUT2D eigenvalue weighted by molar-refractivity contribution is 9.09. The normalized spacial score (nSPS) is 12.6. The van der Waals surface area contributed by atoms with Crippen molar-refractivity contribution in [3.63, 3.8) is 0 Å². The molecule has 1 aromatic rings. The van der Waals surface area contributed by atoms with Crippen LogP contribution in [0.3, 0.4) is 0 Å². The maximum atomic E-state index is 11.1. The molecular weight excluding hydrogens is 268 g/mol. The summed E-state index contributed by atoms with van der Waals surface area (Å²) in [6.07, 6.45) is 0. The second kappa shape index (κ2) is 4.53. The molecule has 0 radical (unpaired) electrons. The van der Waals surface area contributed by atoms with Gasteiger partial charge < -0.3 is 0 Å². The number of hydrogen-bond acceptors (Lipinski definition) is 3. The van der Waals surface area contributed by atoms with E-state index in [-0.39, 0.29) is 10.6 Å². The number of benzene rings is 1. The molecule has 0 fully saturated rings. The Labute approximate surface area is 96.9 Å². The predicted octanol–water partition coefficient (Wildman–Crippen LogP) is 3.29. The number of halogens is 1. The lowest BCUT2D eigenvalue weighted by Gasteiger charge is -2.11. The van der Waals surface area contributed by atoms with Gasteiger partial charge in [0.1, 0.15) is 5.78 Å². The summed E-state index contributed by atoms with van der Waals surface area (Å²) in [5, 5.41) is 0. The maximum Gasteiger partial charge on any atom is 0.147 e. The summed E-state index contributed by atoms with van der Waals surface area (Å²) in [6.45, 7) is 1.53. The number of carbonyl (C=O) groups excluding carboxylic acids is 1. The smallest absolute Gasteiger partial charge is 0.147 e. The van der Waals surface area contributed by atoms with Crippen LogP contribution in [0, 0.1) is 0 Å². The van der Waals surface area contributed by atoms with Gasteiger partial charge in [0.15, 0.2) is 0 Å². The lowest BCUT2D eigenvalue weighted by Crippen LogP contribution is -2.03. The lowest BCUT2D eigenvalue weighted by atomic mass is 10.1. The lowest BCUT2D eigenvalue weighted by molar-refractivity contribution is -0.116. The SMILES string of the molecule is CC(=O)C(Br)c1c(S)cccc1S. The highest BCUT2D eigenvalue weighted by Crippen LogP contribution is 2.33. The van der Waals surface area contributed by atoms with E-state index in [9.17, 15) is 4.79 Å². The maximum absolute atomic E-state index is 11.1. The molecule has 1 unspecified atom stereocenters. The summed E-state index contributed by atoms with van der Waals surface area (Å²) in [7, 11) is 0. The molecule has 0 aliphatic heterocycles. The van der Waals surface area contributed by atoms with Crippen LogP contribution in [0.1, 0.15) is 17.3 Å². The molecule has 13 heavy (non-hydrogen) atoms. The van der Waals surface area contributed by atoms with Crippen molar-refractivity contribution in [2.24, 2.45) is 0 Å². The standard InChI is InChI=1S/C9H9BrOS2/c1-5(11)9(10)8-6(12)3-2-4-7(8)13/h2-4,9,12-13H,1H3. The average molecular weight is 277 g/mol. The van der Waals surface area contributed by atoms with Gasteiger partial charge >= 0.3 is 0 Å². The van der Waals surface area contributed by atoms with E-state index < -0.39 is 0 Å². The molecular formula is C9H9BrOS2. The highest BCUT2D eigenvalue weighted by Gasteiger charge is 2.17. The summed E-state index contributed by atoms with van der Waals surface area (Å²) in [5.74, 6) is 0.0526. The topological polar surface area (TPSA) is 17.1 Å². The Morgan fingerprint density at radius 1 is 1.38 bits per heavy atom. The Hall–Kier alpha value is 0.0700. The van der Waals surface area contributed by atoms with Crippen LogP contribution < -0.4 is 0 Å².